The Balaban J connectivity index is 2.66. The molecular weight excluding hydrogens is 240 g/mol. The number of nitrogens with zero attached hydrogens (tertiary/aromatic N) is 1. The van der Waals surface area contributed by atoms with Crippen LogP contribution in [0, 0.1) is 5.92 Å². The lowest BCUT2D eigenvalue weighted by atomic mass is 9.88. The summed E-state index contributed by atoms with van der Waals surface area (Å²) in [7, 11) is 0. The van der Waals surface area contributed by atoms with Crippen molar-refractivity contribution in [1.29, 1.82) is 0 Å². The summed E-state index contributed by atoms with van der Waals surface area (Å²) in [5.41, 5.74) is -0.822. The predicted octanol–water partition coefficient (Wildman–Crippen LogP) is 2.34. The molecule has 19 heavy (non-hydrogen) atoms. The zero-order valence-corrected chi connectivity index (χ0v) is 13.1. The average molecular weight is 270 g/mol. The second kappa shape index (κ2) is 6.71. The molecule has 4 atom stereocenters. The van der Waals surface area contributed by atoms with Gasteiger partial charge in [-0.05, 0) is 59.0 Å². The van der Waals surface area contributed by atoms with E-state index in [0.29, 0.717) is 25.0 Å². The van der Waals surface area contributed by atoms with Crippen LogP contribution < -0.4 is 5.32 Å². The van der Waals surface area contributed by atoms with Crippen molar-refractivity contribution in [3.8, 4) is 0 Å². The maximum absolute atomic E-state index is 11.5. The number of nitrogens with one attached hydrogen (secondary N) is 1. The molecule has 0 bridgehead atoms. The summed E-state index contributed by atoms with van der Waals surface area (Å²) in [5.74, 6) is 0.0392. The van der Waals surface area contributed by atoms with Gasteiger partial charge < -0.3 is 10.4 Å². The Morgan fingerprint density at radius 2 is 2.16 bits per heavy atom. The molecule has 4 nitrogen and oxygen atoms in total. The normalized spacial score (nSPS) is 29.7. The lowest BCUT2D eigenvalue weighted by Gasteiger charge is -2.42. The first-order chi connectivity index (χ1) is 8.80. The van der Waals surface area contributed by atoms with Crippen LogP contribution in [0.15, 0.2) is 0 Å². The van der Waals surface area contributed by atoms with Gasteiger partial charge in [-0.15, -0.1) is 0 Å². The van der Waals surface area contributed by atoms with Crippen LogP contribution in [0.4, 0.5) is 0 Å². The van der Waals surface area contributed by atoms with Gasteiger partial charge in [0.15, 0.2) is 0 Å². The summed E-state index contributed by atoms with van der Waals surface area (Å²) in [4.78, 5) is 14.0. The smallest absolute Gasteiger partial charge is 0.323 e. The molecule has 1 aliphatic heterocycles. The third-order valence-electron chi connectivity index (χ3n) is 4.50. The number of carboxylic acid groups (broad SMARTS) is 1. The highest BCUT2D eigenvalue weighted by molar-refractivity contribution is 5.78. The molecule has 1 aliphatic rings. The Bertz CT molecular complexity index is 309. The molecule has 0 spiro atoms. The van der Waals surface area contributed by atoms with E-state index >= 15 is 0 Å². The van der Waals surface area contributed by atoms with Gasteiger partial charge in [0.25, 0.3) is 0 Å². The summed E-state index contributed by atoms with van der Waals surface area (Å²) in [6.07, 6.45) is 3.09. The summed E-state index contributed by atoms with van der Waals surface area (Å²) < 4.78 is 0. The van der Waals surface area contributed by atoms with Crippen LogP contribution in [-0.4, -0.2) is 46.7 Å². The van der Waals surface area contributed by atoms with E-state index in [0.717, 1.165) is 12.5 Å². The van der Waals surface area contributed by atoms with Crippen molar-refractivity contribution in [1.82, 2.24) is 10.2 Å². The number of rotatable bonds is 6. The van der Waals surface area contributed by atoms with Gasteiger partial charge in [0.1, 0.15) is 5.54 Å². The van der Waals surface area contributed by atoms with Crippen LogP contribution in [0.2, 0.25) is 0 Å². The van der Waals surface area contributed by atoms with E-state index in [1.165, 1.54) is 12.8 Å². The SMILES string of the molecule is CCNC(C)(CC(C)N1CCC(C)CC1C)C(=O)O. The monoisotopic (exact) mass is 270 g/mol. The van der Waals surface area contributed by atoms with Crippen LogP contribution in [-0.2, 0) is 4.79 Å². The molecule has 4 unspecified atom stereocenters. The van der Waals surface area contributed by atoms with Crippen LogP contribution in [0.25, 0.3) is 0 Å². The van der Waals surface area contributed by atoms with Crippen molar-refractivity contribution in [2.45, 2.75) is 71.5 Å². The minimum atomic E-state index is -0.822. The number of piperidine rings is 1. The Kier molecular flexibility index (Phi) is 5.81. The lowest BCUT2D eigenvalue weighted by Crippen LogP contribution is -2.55. The number of hydrogen-bond acceptors (Lipinski definition) is 3. The fraction of sp³-hybridized carbons (Fsp3) is 0.933. The maximum atomic E-state index is 11.5. The fourth-order valence-corrected chi connectivity index (χ4v) is 3.41. The second-order valence-corrected chi connectivity index (χ2v) is 6.44. The summed E-state index contributed by atoms with van der Waals surface area (Å²) in [6, 6.07) is 0.848. The van der Waals surface area contributed by atoms with E-state index in [4.69, 9.17) is 0 Å². The lowest BCUT2D eigenvalue weighted by molar-refractivity contribution is -0.145. The third-order valence-corrected chi connectivity index (χ3v) is 4.50. The molecule has 1 heterocycles. The van der Waals surface area contributed by atoms with E-state index in [2.05, 4.69) is 31.0 Å². The van der Waals surface area contributed by atoms with Gasteiger partial charge in [-0.3, -0.25) is 9.69 Å². The maximum Gasteiger partial charge on any atom is 0.323 e. The molecule has 112 valence electrons. The predicted molar refractivity (Wildman–Crippen MR) is 78.4 cm³/mol. The number of aliphatic carboxylic acids is 1. The highest BCUT2D eigenvalue weighted by Crippen LogP contribution is 2.27. The topological polar surface area (TPSA) is 52.6 Å². The van der Waals surface area contributed by atoms with Gasteiger partial charge in [0.05, 0.1) is 0 Å². The Labute approximate surface area is 117 Å². The van der Waals surface area contributed by atoms with Crippen LogP contribution in [0.3, 0.4) is 0 Å². The van der Waals surface area contributed by atoms with Gasteiger partial charge in [0, 0.05) is 12.1 Å². The molecule has 0 aromatic rings. The molecule has 0 saturated carbocycles. The van der Waals surface area contributed by atoms with E-state index in [9.17, 15) is 9.90 Å². The number of carboxylic acids is 1. The molecule has 1 saturated heterocycles. The zero-order valence-electron chi connectivity index (χ0n) is 13.1. The zero-order chi connectivity index (χ0) is 14.6. The molecule has 0 aliphatic carbocycles. The van der Waals surface area contributed by atoms with E-state index in [-0.39, 0.29) is 0 Å². The van der Waals surface area contributed by atoms with Gasteiger partial charge in [0.2, 0.25) is 0 Å². The van der Waals surface area contributed by atoms with Crippen molar-refractivity contribution in [2.24, 2.45) is 5.92 Å². The minimum Gasteiger partial charge on any atom is -0.480 e. The van der Waals surface area contributed by atoms with Crippen molar-refractivity contribution in [2.75, 3.05) is 13.1 Å². The molecule has 4 heteroatoms. The highest BCUT2D eigenvalue weighted by atomic mass is 16.4. The Hall–Kier alpha value is -0.610. The van der Waals surface area contributed by atoms with Crippen LogP contribution in [0.1, 0.15) is 53.9 Å². The van der Waals surface area contributed by atoms with Crippen molar-refractivity contribution >= 4 is 5.97 Å². The first-order valence-electron chi connectivity index (χ1n) is 7.54. The molecule has 0 aromatic carbocycles. The molecule has 2 N–H and O–H groups in total. The minimum absolute atomic E-state index is 0.294. The number of hydrogen-bond donors (Lipinski definition) is 2. The van der Waals surface area contributed by atoms with Gasteiger partial charge in [-0.2, -0.15) is 0 Å². The quantitative estimate of drug-likeness (QED) is 0.778. The summed E-state index contributed by atoms with van der Waals surface area (Å²) >= 11 is 0. The van der Waals surface area contributed by atoms with Crippen LogP contribution in [0.5, 0.6) is 0 Å². The number of likely N-dealkylation sites (tertiary alicyclic amines) is 1. The molecule has 1 rings (SSSR count). The van der Waals surface area contributed by atoms with Crippen molar-refractivity contribution in [3.05, 3.63) is 0 Å². The Morgan fingerprint density at radius 3 is 2.63 bits per heavy atom. The molecule has 0 radical (unpaired) electrons. The van der Waals surface area contributed by atoms with Crippen molar-refractivity contribution < 1.29 is 9.90 Å². The van der Waals surface area contributed by atoms with Gasteiger partial charge >= 0.3 is 5.97 Å². The second-order valence-electron chi connectivity index (χ2n) is 6.44. The third kappa shape index (κ3) is 4.18. The standard InChI is InChI=1S/C15H30N2O2/c1-6-16-15(5,14(18)19)10-13(4)17-8-7-11(2)9-12(17)3/h11-13,16H,6-10H2,1-5H3,(H,18,19). The van der Waals surface area contributed by atoms with Gasteiger partial charge in [-0.25, -0.2) is 0 Å². The van der Waals surface area contributed by atoms with E-state index in [1.54, 1.807) is 6.92 Å². The highest BCUT2D eigenvalue weighted by Gasteiger charge is 2.37. The van der Waals surface area contributed by atoms with Crippen molar-refractivity contribution in [3.63, 3.8) is 0 Å². The molecule has 0 amide bonds. The number of likely N-dealkylation sites (N-methyl/N-ethyl adjacent to an activating group) is 1. The first kappa shape index (κ1) is 16.4. The van der Waals surface area contributed by atoms with Crippen LogP contribution >= 0.6 is 0 Å². The average Bonchev–Trinajstić information content (AvgIpc) is 2.28. The molecular formula is C15H30N2O2. The van der Waals surface area contributed by atoms with E-state index in [1.807, 2.05) is 6.92 Å². The summed E-state index contributed by atoms with van der Waals surface area (Å²) in [6.45, 7) is 12.2. The first-order valence-corrected chi connectivity index (χ1v) is 7.54. The number of carbonyl (C=O) groups is 1. The fourth-order valence-electron chi connectivity index (χ4n) is 3.41. The summed E-state index contributed by atoms with van der Waals surface area (Å²) in [5, 5.41) is 12.6. The molecule has 0 aromatic heterocycles. The Morgan fingerprint density at radius 1 is 1.53 bits per heavy atom. The van der Waals surface area contributed by atoms with Gasteiger partial charge in [-0.1, -0.05) is 13.8 Å². The molecule has 1 fully saturated rings. The van der Waals surface area contributed by atoms with E-state index < -0.39 is 11.5 Å². The largest absolute Gasteiger partial charge is 0.480 e.